The van der Waals surface area contributed by atoms with E-state index in [1.807, 2.05) is 19.9 Å². The molecule has 0 aliphatic carbocycles. The summed E-state index contributed by atoms with van der Waals surface area (Å²) >= 11 is 0. The molecule has 0 saturated heterocycles. The summed E-state index contributed by atoms with van der Waals surface area (Å²) in [5.41, 5.74) is 5.79. The van der Waals surface area contributed by atoms with Gasteiger partial charge in [-0.3, -0.25) is 9.59 Å². The third kappa shape index (κ3) is 4.68. The fraction of sp³-hybridized carbons (Fsp3) is 0.267. The number of carbonyl (C=O) groups is 1. The number of carbonyl (C=O) groups excluding carboxylic acids is 1. The van der Waals surface area contributed by atoms with Crippen molar-refractivity contribution in [3.05, 3.63) is 58.5 Å². The van der Waals surface area contributed by atoms with Crippen LogP contribution in [0.2, 0.25) is 0 Å². The van der Waals surface area contributed by atoms with Gasteiger partial charge in [-0.05, 0) is 32.0 Å². The highest BCUT2D eigenvalue weighted by Gasteiger charge is 2.15. The minimum atomic E-state index is -0.510. The summed E-state index contributed by atoms with van der Waals surface area (Å²) in [6.07, 6.45) is 0. The molecule has 0 fully saturated rings. The van der Waals surface area contributed by atoms with Crippen molar-refractivity contribution in [3.63, 3.8) is 0 Å². The van der Waals surface area contributed by atoms with Crippen LogP contribution < -0.4 is 16.6 Å². The van der Waals surface area contributed by atoms with Crippen LogP contribution in [-0.4, -0.2) is 27.8 Å². The van der Waals surface area contributed by atoms with Gasteiger partial charge in [-0.2, -0.15) is 9.78 Å². The molecular formula is C15H19ClN4O2. The van der Waals surface area contributed by atoms with Gasteiger partial charge in [0.25, 0.3) is 11.5 Å². The van der Waals surface area contributed by atoms with Gasteiger partial charge in [-0.1, -0.05) is 18.2 Å². The van der Waals surface area contributed by atoms with E-state index in [0.717, 1.165) is 0 Å². The molecule has 0 aliphatic rings. The Morgan fingerprint density at radius 3 is 2.45 bits per heavy atom. The summed E-state index contributed by atoms with van der Waals surface area (Å²) in [5, 5.41) is 6.79. The highest BCUT2D eigenvalue weighted by Crippen LogP contribution is 2.03. The molecule has 6 nitrogen and oxygen atoms in total. The predicted molar refractivity (Wildman–Crippen MR) is 87.7 cm³/mol. The van der Waals surface area contributed by atoms with E-state index in [9.17, 15) is 9.59 Å². The number of nitrogens with two attached hydrogens (primary N) is 1. The average molecular weight is 323 g/mol. The summed E-state index contributed by atoms with van der Waals surface area (Å²) in [6.45, 7) is 3.94. The van der Waals surface area contributed by atoms with Gasteiger partial charge < -0.3 is 11.1 Å². The number of nitrogens with one attached hydrogen (secondary N) is 1. The van der Waals surface area contributed by atoms with Crippen molar-refractivity contribution in [2.75, 3.05) is 6.54 Å². The first-order valence-corrected chi connectivity index (χ1v) is 6.60. The number of nitrogens with zero attached hydrogens (tertiary/aromatic N) is 2. The Morgan fingerprint density at radius 1 is 1.23 bits per heavy atom. The van der Waals surface area contributed by atoms with Gasteiger partial charge in [0.05, 0.1) is 5.69 Å². The molecule has 0 atom stereocenters. The minimum absolute atomic E-state index is 0. The van der Waals surface area contributed by atoms with Gasteiger partial charge in [-0.15, -0.1) is 12.4 Å². The van der Waals surface area contributed by atoms with Crippen LogP contribution >= 0.6 is 12.4 Å². The van der Waals surface area contributed by atoms with Crippen LogP contribution in [0.3, 0.4) is 0 Å². The molecule has 0 radical (unpaired) electrons. The van der Waals surface area contributed by atoms with E-state index in [0.29, 0.717) is 12.2 Å². The van der Waals surface area contributed by atoms with Crippen LogP contribution in [0.25, 0.3) is 5.69 Å². The van der Waals surface area contributed by atoms with E-state index in [2.05, 4.69) is 10.4 Å². The number of para-hydroxylation sites is 1. The van der Waals surface area contributed by atoms with Gasteiger partial charge in [-0.25, -0.2) is 0 Å². The minimum Gasteiger partial charge on any atom is -0.349 e. The summed E-state index contributed by atoms with van der Waals surface area (Å²) in [5.74, 6) is -0.363. The zero-order valence-corrected chi connectivity index (χ0v) is 13.3. The number of amides is 1. The lowest BCUT2D eigenvalue weighted by Crippen LogP contribution is -2.45. The first-order valence-electron chi connectivity index (χ1n) is 6.60. The van der Waals surface area contributed by atoms with Gasteiger partial charge >= 0.3 is 0 Å². The van der Waals surface area contributed by atoms with Crippen molar-refractivity contribution >= 4 is 18.3 Å². The molecule has 1 aromatic heterocycles. The smallest absolute Gasteiger partial charge is 0.271 e. The number of hydrogen-bond donors (Lipinski definition) is 2. The van der Waals surface area contributed by atoms with Crippen molar-refractivity contribution in [2.24, 2.45) is 5.73 Å². The first-order chi connectivity index (χ1) is 9.87. The van der Waals surface area contributed by atoms with E-state index in [1.165, 1.54) is 16.8 Å². The van der Waals surface area contributed by atoms with Gasteiger partial charge in [0.2, 0.25) is 0 Å². The van der Waals surface area contributed by atoms with Crippen LogP contribution in [0.4, 0.5) is 0 Å². The van der Waals surface area contributed by atoms with Gasteiger partial charge in [0, 0.05) is 18.2 Å². The van der Waals surface area contributed by atoms with Crippen LogP contribution in [0.15, 0.2) is 47.3 Å². The predicted octanol–water partition coefficient (Wildman–Crippen LogP) is 1.12. The molecule has 0 bridgehead atoms. The van der Waals surface area contributed by atoms with Gasteiger partial charge in [0.1, 0.15) is 5.69 Å². The lowest BCUT2D eigenvalue weighted by atomic mass is 10.1. The van der Waals surface area contributed by atoms with E-state index in [4.69, 9.17) is 5.73 Å². The van der Waals surface area contributed by atoms with E-state index >= 15 is 0 Å². The van der Waals surface area contributed by atoms with Crippen LogP contribution in [-0.2, 0) is 0 Å². The number of halogens is 1. The molecule has 118 valence electrons. The maximum Gasteiger partial charge on any atom is 0.271 e. The fourth-order valence-corrected chi connectivity index (χ4v) is 1.69. The number of rotatable bonds is 4. The standard InChI is InChI=1S/C15H18N4O2.ClH/c1-15(2,16)10-17-14(21)12-8-9-13(20)19(18-12)11-6-4-3-5-7-11;/h3-9H,10,16H2,1-2H3,(H,17,21);1H. The topological polar surface area (TPSA) is 90.0 Å². The zero-order valence-electron chi connectivity index (χ0n) is 12.4. The molecule has 0 saturated carbocycles. The quantitative estimate of drug-likeness (QED) is 0.882. The van der Waals surface area contributed by atoms with Crippen LogP contribution in [0, 0.1) is 0 Å². The second-order valence-corrected chi connectivity index (χ2v) is 5.48. The van der Waals surface area contributed by atoms with Gasteiger partial charge in [0.15, 0.2) is 0 Å². The molecule has 1 aromatic carbocycles. The molecule has 0 spiro atoms. The third-order valence-corrected chi connectivity index (χ3v) is 2.74. The van der Waals surface area contributed by atoms with Crippen molar-refractivity contribution in [1.29, 1.82) is 0 Å². The Morgan fingerprint density at radius 2 is 1.86 bits per heavy atom. The maximum absolute atomic E-state index is 12.0. The number of aromatic nitrogens is 2. The Balaban J connectivity index is 0.00000242. The molecule has 0 unspecified atom stereocenters. The Labute approximate surface area is 134 Å². The normalized spacial score (nSPS) is 10.7. The summed E-state index contributed by atoms with van der Waals surface area (Å²) in [4.78, 5) is 23.9. The molecular weight excluding hydrogens is 304 g/mol. The van der Waals surface area contributed by atoms with Crippen LogP contribution in [0.1, 0.15) is 24.3 Å². The second kappa shape index (κ2) is 7.20. The number of benzene rings is 1. The summed E-state index contributed by atoms with van der Waals surface area (Å²) in [7, 11) is 0. The Bertz CT molecular complexity index is 693. The molecule has 1 amide bonds. The molecule has 7 heteroatoms. The molecule has 3 N–H and O–H groups in total. The molecule has 1 heterocycles. The number of hydrogen-bond acceptors (Lipinski definition) is 4. The van der Waals surface area contributed by atoms with E-state index in [-0.39, 0.29) is 29.6 Å². The molecule has 22 heavy (non-hydrogen) atoms. The fourth-order valence-electron chi connectivity index (χ4n) is 1.69. The van der Waals surface area contributed by atoms with E-state index in [1.54, 1.807) is 24.3 Å². The monoisotopic (exact) mass is 322 g/mol. The highest BCUT2D eigenvalue weighted by atomic mass is 35.5. The largest absolute Gasteiger partial charge is 0.349 e. The van der Waals surface area contributed by atoms with Crippen molar-refractivity contribution in [3.8, 4) is 5.69 Å². The third-order valence-electron chi connectivity index (χ3n) is 2.74. The Kier molecular flexibility index (Phi) is 5.84. The van der Waals surface area contributed by atoms with Crippen molar-refractivity contribution in [1.82, 2.24) is 15.1 Å². The SMILES string of the molecule is CC(C)(N)CNC(=O)c1ccc(=O)n(-c2ccccc2)n1.Cl. The zero-order chi connectivity index (χ0) is 15.5. The first kappa shape index (κ1) is 17.9. The lowest BCUT2D eigenvalue weighted by Gasteiger charge is -2.18. The molecule has 2 rings (SSSR count). The van der Waals surface area contributed by atoms with E-state index < -0.39 is 5.54 Å². The second-order valence-electron chi connectivity index (χ2n) is 5.48. The maximum atomic E-state index is 12.0. The highest BCUT2D eigenvalue weighted by molar-refractivity contribution is 5.92. The Hall–Kier alpha value is -2.18. The van der Waals surface area contributed by atoms with Crippen LogP contribution in [0.5, 0.6) is 0 Å². The summed E-state index contributed by atoms with van der Waals surface area (Å²) in [6, 6.07) is 11.7. The average Bonchev–Trinajstić information content (AvgIpc) is 2.45. The lowest BCUT2D eigenvalue weighted by molar-refractivity contribution is 0.0939. The molecule has 0 aliphatic heterocycles. The van der Waals surface area contributed by atoms with Crippen molar-refractivity contribution in [2.45, 2.75) is 19.4 Å². The summed E-state index contributed by atoms with van der Waals surface area (Å²) < 4.78 is 1.20. The van der Waals surface area contributed by atoms with Crippen molar-refractivity contribution < 1.29 is 4.79 Å². The molecule has 2 aromatic rings.